The predicted octanol–water partition coefficient (Wildman–Crippen LogP) is 22.2. The van der Waals surface area contributed by atoms with E-state index in [2.05, 4.69) is 350 Å². The third kappa shape index (κ3) is 10.3. The molecule has 0 fully saturated rings. The van der Waals surface area contributed by atoms with Crippen LogP contribution in [0, 0.1) is 18.8 Å². The third-order valence-corrected chi connectivity index (χ3v) is 18.4. The minimum Gasteiger partial charge on any atom is -0.509 e. The van der Waals surface area contributed by atoms with Gasteiger partial charge in [-0.25, -0.2) is 4.98 Å². The first-order valence-corrected chi connectivity index (χ1v) is 31.4. The second kappa shape index (κ2) is 22.7. The molecule has 2 aliphatic rings. The first-order valence-electron chi connectivity index (χ1n) is 31.4. The number of anilines is 4. The van der Waals surface area contributed by atoms with Gasteiger partial charge in [0.2, 0.25) is 0 Å². The van der Waals surface area contributed by atoms with Crippen molar-refractivity contribution in [2.24, 2.45) is 0 Å². The minimum atomic E-state index is -0.826. The number of para-hydroxylation sites is 3. The van der Waals surface area contributed by atoms with Gasteiger partial charge in [0.1, 0.15) is 5.82 Å². The molecule has 450 valence electrons. The van der Waals surface area contributed by atoms with Crippen LogP contribution >= 0.6 is 0 Å². The number of ether oxygens (including phenoxy) is 1. The summed E-state index contributed by atoms with van der Waals surface area (Å²) < 4.78 is 9.71. The van der Waals surface area contributed by atoms with Crippen molar-refractivity contribution in [2.75, 3.05) is 9.80 Å². The zero-order valence-corrected chi connectivity index (χ0v) is 55.2. The van der Waals surface area contributed by atoms with Crippen molar-refractivity contribution in [2.45, 2.75) is 84.0 Å². The van der Waals surface area contributed by atoms with Crippen molar-refractivity contribution in [3.63, 3.8) is 0 Å². The van der Waals surface area contributed by atoms with Gasteiger partial charge in [-0.15, -0.1) is 53.6 Å². The molecule has 1 aliphatic carbocycles. The maximum absolute atomic E-state index is 7.47. The molecule has 91 heavy (non-hydrogen) atoms. The van der Waals surface area contributed by atoms with Crippen molar-refractivity contribution in [3.8, 4) is 61.8 Å². The summed E-state index contributed by atoms with van der Waals surface area (Å²) in [5, 5.41) is 2.19. The van der Waals surface area contributed by atoms with Crippen LogP contribution in [0.1, 0.15) is 101 Å². The van der Waals surface area contributed by atoms with Crippen LogP contribution in [-0.2, 0) is 42.7 Å². The second-order valence-electron chi connectivity index (χ2n) is 27.3. The number of aromatic nitrogens is 2. The normalized spacial score (nSPS) is 13.5. The summed E-state index contributed by atoms with van der Waals surface area (Å²) in [7, 11) is 0. The van der Waals surface area contributed by atoms with E-state index in [-0.39, 0.29) is 37.3 Å². The maximum Gasteiger partial charge on any atom is 0.135 e. The van der Waals surface area contributed by atoms with Crippen molar-refractivity contribution in [1.29, 1.82) is 0 Å². The van der Waals surface area contributed by atoms with Crippen molar-refractivity contribution in [1.82, 2.24) is 9.55 Å². The van der Waals surface area contributed by atoms with Crippen LogP contribution in [0.15, 0.2) is 261 Å². The van der Waals surface area contributed by atoms with Gasteiger partial charge >= 0.3 is 0 Å². The van der Waals surface area contributed by atoms with Crippen LogP contribution in [0.4, 0.5) is 22.7 Å². The van der Waals surface area contributed by atoms with E-state index in [1.54, 1.807) is 0 Å². The van der Waals surface area contributed by atoms with Crippen LogP contribution in [0.2, 0.25) is 0 Å². The number of benzene rings is 11. The number of hydrogen-bond donors (Lipinski definition) is 0. The molecular weight excluding hydrogens is 1290 g/mol. The van der Waals surface area contributed by atoms with Gasteiger partial charge in [-0.2, -0.15) is 6.07 Å². The summed E-state index contributed by atoms with van der Waals surface area (Å²) in [5.74, 6) is 1.96. The van der Waals surface area contributed by atoms with E-state index < -0.39 is 5.41 Å². The molecule has 6 heteroatoms. The second-order valence-corrected chi connectivity index (χ2v) is 27.3. The van der Waals surface area contributed by atoms with Gasteiger partial charge in [-0.05, 0) is 131 Å². The first-order chi connectivity index (χ1) is 43.5. The minimum absolute atomic E-state index is 0. The Balaban J connectivity index is 0.00000721. The molecular formula is C85H71N4OPt-3. The van der Waals surface area contributed by atoms with E-state index in [9.17, 15) is 0 Å². The van der Waals surface area contributed by atoms with Gasteiger partial charge in [0.25, 0.3) is 0 Å². The molecule has 0 saturated heterocycles. The van der Waals surface area contributed by atoms with Crippen molar-refractivity contribution >= 4 is 44.6 Å². The third-order valence-electron chi connectivity index (χ3n) is 18.4. The molecule has 0 bridgehead atoms. The molecule has 11 aromatic carbocycles. The molecule has 0 N–H and O–H groups in total. The smallest absolute Gasteiger partial charge is 0.135 e. The average Bonchev–Trinajstić information content (AvgIpc) is 1.58. The Morgan fingerprint density at radius 1 is 0.407 bits per heavy atom. The van der Waals surface area contributed by atoms with E-state index in [0.717, 1.165) is 89.3 Å². The molecule has 1 aliphatic heterocycles. The van der Waals surface area contributed by atoms with E-state index >= 15 is 0 Å². The predicted molar refractivity (Wildman–Crippen MR) is 374 cm³/mol. The van der Waals surface area contributed by atoms with Gasteiger partial charge in [-0.1, -0.05) is 256 Å². The Kier molecular flexibility index (Phi) is 14.8. The van der Waals surface area contributed by atoms with Gasteiger partial charge in [0, 0.05) is 77.9 Å². The molecule has 3 heterocycles. The zero-order chi connectivity index (χ0) is 61.7. The van der Waals surface area contributed by atoms with Crippen LogP contribution in [0.3, 0.4) is 0 Å². The number of nitrogens with zero attached hydrogens (tertiary/aromatic N) is 4. The molecule has 0 unspecified atom stereocenters. The fourth-order valence-corrected chi connectivity index (χ4v) is 13.8. The number of fused-ring (bicyclic) bond motifs is 7. The Morgan fingerprint density at radius 2 is 0.923 bits per heavy atom. The van der Waals surface area contributed by atoms with Gasteiger partial charge in [0.15, 0.2) is 0 Å². The summed E-state index contributed by atoms with van der Waals surface area (Å²) in [6.45, 7) is 23.0. The summed E-state index contributed by atoms with van der Waals surface area (Å²) in [4.78, 5) is 9.75. The fraction of sp³-hybridized carbons (Fsp3) is 0.153. The molecule has 5 nitrogen and oxygen atoms in total. The quantitative estimate of drug-likeness (QED) is 0.128. The van der Waals surface area contributed by atoms with E-state index in [0.29, 0.717) is 11.5 Å². The fourth-order valence-electron chi connectivity index (χ4n) is 13.8. The van der Waals surface area contributed by atoms with Gasteiger partial charge in [-0.3, -0.25) is 0 Å². The first kappa shape index (κ1) is 59.1. The SMILES string of the molecule is CC(C)(C)c1cc(C(C)(C)C)cc(C2(c3cc(Oc4[c-]c5c(cc4)c4ccccc4n5-c4cc(C(C)(C)C)ccn4)[c-]c(N4[CH-]N(c5c(-c6ccccc6)cc(-c6ccccc6)cc5-c5ccccc5)c5ccccc54)c3)c3ccccc3-c3ccccc32)c1.[Pt]. The van der Waals surface area contributed by atoms with Crippen molar-refractivity contribution < 1.29 is 25.8 Å². The van der Waals surface area contributed by atoms with Crippen LogP contribution < -0.4 is 14.5 Å². The Hall–Kier alpha value is -9.54. The Bertz CT molecular complexity index is 4770. The van der Waals surface area contributed by atoms with Gasteiger partial charge in [0.05, 0.1) is 0 Å². The summed E-state index contributed by atoms with van der Waals surface area (Å²) in [6, 6.07) is 101. The molecule has 0 saturated carbocycles. The summed E-state index contributed by atoms with van der Waals surface area (Å²) in [6.07, 6.45) is 1.93. The summed E-state index contributed by atoms with van der Waals surface area (Å²) in [5.41, 5.74) is 22.3. The molecule has 0 atom stereocenters. The maximum atomic E-state index is 7.47. The monoisotopic (exact) mass is 1360 g/mol. The van der Waals surface area contributed by atoms with E-state index in [1.165, 1.54) is 44.5 Å². The standard InChI is InChI=1S/C85H71N4O.Pt/c1-82(2,3)60-43-44-86-80(52-60)89-76-38-24-21-35-70(76)71-42-41-66(54-79(71)89)90-67-51-64(85(63-48-61(83(4,5)6)47-62(49-63)84(7,8)9)74-36-22-19-33-68(74)69-34-20-23-37-75(69)85)50-65(53-67)87-55-88(78-40-26-25-39-77(78)87)81-72(57-29-15-11-16-30-57)45-59(56-27-13-10-14-28-56)46-73(81)58-31-17-12-18-32-58;/h10-52,55H,1-9H3;/q-3;. The van der Waals surface area contributed by atoms with Crippen LogP contribution in [-0.4, -0.2) is 9.55 Å². The molecule has 13 aromatic rings. The van der Waals surface area contributed by atoms with Gasteiger partial charge < -0.3 is 19.1 Å². The largest absolute Gasteiger partial charge is 0.509 e. The number of pyridine rings is 1. The summed E-state index contributed by atoms with van der Waals surface area (Å²) >= 11 is 0. The van der Waals surface area contributed by atoms with Crippen LogP contribution in [0.5, 0.6) is 11.5 Å². The Morgan fingerprint density at radius 3 is 1.52 bits per heavy atom. The molecule has 0 spiro atoms. The Labute approximate surface area is 550 Å². The average molecular weight is 1360 g/mol. The van der Waals surface area contributed by atoms with Crippen LogP contribution in [0.25, 0.3) is 72.1 Å². The van der Waals surface area contributed by atoms with E-state index in [4.69, 9.17) is 9.72 Å². The topological polar surface area (TPSA) is 33.5 Å². The molecule has 2 aromatic heterocycles. The number of rotatable bonds is 10. The van der Waals surface area contributed by atoms with Crippen molar-refractivity contribution in [3.05, 3.63) is 319 Å². The molecule has 15 rings (SSSR count). The molecule has 0 amide bonds. The number of hydrogen-bond acceptors (Lipinski definition) is 4. The zero-order valence-electron chi connectivity index (χ0n) is 52.9. The van der Waals surface area contributed by atoms with E-state index in [1.807, 2.05) is 6.20 Å². The molecule has 0 radical (unpaired) electrons.